The molecule has 23 N–H and O–H groups in total. The Kier molecular flexibility index (Phi) is 27.9. The fraction of sp³-hybridized carbons (Fsp3) is 0.405. The molecule has 27 atom stereocenters. The topological polar surface area (TPSA) is 640 Å². The van der Waals surface area contributed by atoms with Crippen molar-refractivity contribution >= 4 is 70.4 Å². The number of ether oxygens (including phenoxy) is 11. The number of aliphatic hydroxyl groups is 11. The molecule has 9 aliphatic heterocycles. The summed E-state index contributed by atoms with van der Waals surface area (Å²) in [6.45, 7) is 0.799. The molecular weight excluding hydrogens is 1720 g/mol. The van der Waals surface area contributed by atoms with E-state index in [9.17, 15) is 91.0 Å². The fourth-order valence-electron chi connectivity index (χ4n) is 15.9. The standard InChI is InChI=1S/C84H89Cl2N7O34/c1-30-61(99)66(104)69(107)82(119-30)127-74-68(106)65(103)53(29-95)124-84(74)126-73-50-23-37-24-51(73)121-48-18-13-36(22-43(48)86)72(125-54-27-44(87)71(117-3)31(2)118-54)60-79(113)91-58(81(115)116)41-25-38(96)26-49(122-83-70(108)67(105)64(102)52(28-94)123-83)55(41)40-20-34(11-16-46(40)97)56(76(110)93-60)90-77(111)57(37)89-75(109)45(19-32-7-5-4-6-8-32)88-78(112)59(62(100)33-9-14-39(120-50)15-10-33)92-80(114)63(101)35-12-17-47(98)42(85)21-35/h4-18,20-26,30-31,44-45,52-54,56-62,64-72,74,82-84,94-100,102-108H,19,27-29,87H2,1-3H3,(H,88,112)(H,89,109)(H,90,111)(H,91,113)(H,92,114)(H,93,110)(H,115,116)/t30?,31-,44-,45-,52+,53+,54-,56+,57+,58-,59+,60-,61-,62+,64+,65+,66+,67-,68-,69+,70-,71-,72+,74+,82-,83-,84-/m0/s1. The number of carbonyl (C=O) groups excluding carboxylic acids is 7. The summed E-state index contributed by atoms with van der Waals surface area (Å²) in [4.78, 5) is 123. The Bertz CT molecular complexity index is 5290. The smallest absolute Gasteiger partial charge is 0.330 e. The van der Waals surface area contributed by atoms with Crippen LogP contribution in [0.25, 0.3) is 11.1 Å². The van der Waals surface area contributed by atoms with Gasteiger partial charge in [0.05, 0.1) is 41.6 Å². The molecular formula is C84H89Cl2N7O34. The number of amides is 6. The van der Waals surface area contributed by atoms with Crippen molar-refractivity contribution in [2.24, 2.45) is 5.73 Å². The number of nitrogens with one attached hydrogen (secondary N) is 6. The molecule has 16 rings (SSSR count). The highest BCUT2D eigenvalue weighted by molar-refractivity contribution is 6.44. The van der Waals surface area contributed by atoms with Gasteiger partial charge >= 0.3 is 5.97 Å². The van der Waals surface area contributed by atoms with E-state index in [2.05, 4.69) is 31.9 Å². The van der Waals surface area contributed by atoms with Gasteiger partial charge in [0.1, 0.15) is 138 Å². The van der Waals surface area contributed by atoms with Crippen LogP contribution in [0, 0.1) is 0 Å². The second kappa shape index (κ2) is 38.5. The average molecular weight is 1810 g/mol. The Balaban J connectivity index is 1.01. The molecule has 11 bridgehead atoms. The molecule has 0 aromatic heterocycles. The molecule has 127 heavy (non-hydrogen) atoms. The summed E-state index contributed by atoms with van der Waals surface area (Å²) < 4.78 is 69.0. The molecule has 9 heterocycles. The lowest BCUT2D eigenvalue weighted by atomic mass is 9.89. The predicted molar refractivity (Wildman–Crippen MR) is 430 cm³/mol. The third-order valence-corrected chi connectivity index (χ3v) is 23.2. The quantitative estimate of drug-likeness (QED) is 0.0385. The second-order valence-corrected chi connectivity index (χ2v) is 31.9. The van der Waals surface area contributed by atoms with E-state index < -0.39 is 316 Å². The molecule has 678 valence electrons. The first-order valence-corrected chi connectivity index (χ1v) is 40.4. The number of phenols is 3. The summed E-state index contributed by atoms with van der Waals surface area (Å²) in [7, 11) is 1.36. The van der Waals surface area contributed by atoms with Crippen LogP contribution >= 0.6 is 23.2 Å². The number of aromatic hydroxyl groups is 3. The number of fused-ring (bicyclic) bond motifs is 15. The number of hydrogen-bond acceptors (Lipinski definition) is 34. The summed E-state index contributed by atoms with van der Waals surface area (Å²) in [5, 5.41) is 184. The van der Waals surface area contributed by atoms with Crippen molar-refractivity contribution in [1.82, 2.24) is 31.9 Å². The van der Waals surface area contributed by atoms with Crippen molar-refractivity contribution in [3.05, 3.63) is 182 Å². The fourth-order valence-corrected chi connectivity index (χ4v) is 16.3. The maximum atomic E-state index is 16.8. The van der Waals surface area contributed by atoms with Crippen LogP contribution in [0.3, 0.4) is 0 Å². The van der Waals surface area contributed by atoms with Gasteiger partial charge in [0.25, 0.3) is 5.91 Å². The molecule has 41 nitrogen and oxygen atoms in total. The zero-order valence-electron chi connectivity index (χ0n) is 66.9. The van der Waals surface area contributed by atoms with Crippen LogP contribution in [-0.4, -0.2) is 279 Å². The van der Waals surface area contributed by atoms with E-state index in [1.807, 2.05) is 0 Å². The van der Waals surface area contributed by atoms with Gasteiger partial charge in [0.15, 0.2) is 36.2 Å². The lowest BCUT2D eigenvalue weighted by Gasteiger charge is -2.45. The maximum absolute atomic E-state index is 16.8. The molecule has 1 unspecified atom stereocenters. The predicted octanol–water partition coefficient (Wildman–Crippen LogP) is -0.983. The van der Waals surface area contributed by atoms with Crippen molar-refractivity contribution in [3.63, 3.8) is 0 Å². The van der Waals surface area contributed by atoms with Crippen LogP contribution in [0.5, 0.6) is 51.7 Å². The molecule has 0 aliphatic carbocycles. The molecule has 0 radical (unpaired) electrons. The van der Waals surface area contributed by atoms with Crippen LogP contribution in [0.1, 0.15) is 94.3 Å². The number of methoxy groups -OCH3 is 1. The minimum Gasteiger partial charge on any atom is -0.508 e. The number of Topliss-reactive ketones (excluding diaryl/α,β-unsaturated/α-hetero) is 1. The van der Waals surface area contributed by atoms with Gasteiger partial charge in [-0.05, 0) is 114 Å². The van der Waals surface area contributed by atoms with Crippen LogP contribution in [0.4, 0.5) is 0 Å². The van der Waals surface area contributed by atoms with Crippen molar-refractivity contribution < 1.29 is 167 Å². The number of carboxylic acid groups (broad SMARTS) is 1. The number of carbonyl (C=O) groups is 8. The van der Waals surface area contributed by atoms with Crippen molar-refractivity contribution in [3.8, 4) is 62.9 Å². The highest BCUT2D eigenvalue weighted by Crippen LogP contribution is 2.50. The summed E-state index contributed by atoms with van der Waals surface area (Å²) in [5.74, 6) is -17.7. The highest BCUT2D eigenvalue weighted by atomic mass is 35.5. The number of nitrogens with two attached hydrogens (primary N) is 1. The monoisotopic (exact) mass is 1810 g/mol. The van der Waals surface area contributed by atoms with Gasteiger partial charge in [-0.15, -0.1) is 0 Å². The van der Waals surface area contributed by atoms with Gasteiger partial charge in [0, 0.05) is 54.3 Å². The number of carboxylic acids is 1. The molecule has 0 spiro atoms. The number of hydrogen-bond donors (Lipinski definition) is 22. The molecule has 6 amide bonds. The van der Waals surface area contributed by atoms with E-state index in [-0.39, 0.29) is 33.9 Å². The average Bonchev–Trinajstić information content (AvgIpc) is 0.754. The SMILES string of the molecule is CO[C@H]1[C@H](C)O[C@@H](O[C@@H]2c3ccc(c(Cl)c3)Oc3cc4cc(c3O[C@@H]3O[C@H](CO)[C@@H](O)[C@H](O)[C@H]3O[C@@H]3OC(C)[C@H](O)[C@@H](O)[C@H]3O)Oc3ccc(cc3)[C@@H](O)[C@@H](NC(=O)C(=O)c3ccc(O)c(Cl)c3)C(=O)N[C@@H](Cc3ccccc3)C(=O)N[C@H]4C(=O)N[C@H]3C(=O)N[C@@H]2C(=O)N[C@H](C(=O)O)c2cc(O)cc(O[C@H]4O[C@H](CO)[C@@H](O)[C@H](O)[C@@H]4O)c2-c2cc3ccc2O)C[C@@H]1N. The van der Waals surface area contributed by atoms with E-state index in [4.69, 9.17) is 81.0 Å². The summed E-state index contributed by atoms with van der Waals surface area (Å²) in [6.07, 6.45) is -37.9. The van der Waals surface area contributed by atoms with E-state index in [1.54, 1.807) is 25.1 Å². The van der Waals surface area contributed by atoms with Gasteiger partial charge in [-0.2, -0.15) is 0 Å². The minimum atomic E-state index is -2.46. The van der Waals surface area contributed by atoms with Crippen molar-refractivity contribution in [1.29, 1.82) is 0 Å². The zero-order chi connectivity index (χ0) is 91.2. The normalized spacial score (nSPS) is 32.2. The van der Waals surface area contributed by atoms with Gasteiger partial charge < -0.3 is 166 Å². The summed E-state index contributed by atoms with van der Waals surface area (Å²) in [6, 6.07) is 10.9. The Morgan fingerprint density at radius 3 is 1.84 bits per heavy atom. The van der Waals surface area contributed by atoms with Crippen LogP contribution < -0.4 is 56.6 Å². The molecule has 7 aromatic carbocycles. The Labute approximate surface area is 729 Å². The second-order valence-electron chi connectivity index (χ2n) is 31.1. The first kappa shape index (κ1) is 92.1. The first-order chi connectivity index (χ1) is 60.5. The van der Waals surface area contributed by atoms with Crippen LogP contribution in [0.2, 0.25) is 10.0 Å². The van der Waals surface area contributed by atoms with Gasteiger partial charge in [-0.1, -0.05) is 77.8 Å². The molecule has 4 saturated heterocycles. The Hall–Kier alpha value is -11.1. The molecule has 43 heteroatoms. The lowest BCUT2D eigenvalue weighted by Crippen LogP contribution is -2.64. The number of aliphatic carboxylic acids is 1. The van der Waals surface area contributed by atoms with E-state index in [0.29, 0.717) is 0 Å². The van der Waals surface area contributed by atoms with Crippen LogP contribution in [0.15, 0.2) is 133 Å². The molecule has 7 aromatic rings. The summed E-state index contributed by atoms with van der Waals surface area (Å²) >= 11 is 13.6. The molecule has 4 fully saturated rings. The third-order valence-electron chi connectivity index (χ3n) is 22.6. The van der Waals surface area contributed by atoms with E-state index >= 15 is 24.0 Å². The van der Waals surface area contributed by atoms with Crippen LogP contribution in [-0.2, 0) is 73.1 Å². The lowest BCUT2D eigenvalue weighted by molar-refractivity contribution is -0.354. The van der Waals surface area contributed by atoms with Gasteiger partial charge in [-0.25, -0.2) is 4.79 Å². The maximum Gasteiger partial charge on any atom is 0.330 e. The number of ketones is 1. The van der Waals surface area contributed by atoms with Gasteiger partial charge in [0.2, 0.25) is 53.6 Å². The van der Waals surface area contributed by atoms with Crippen molar-refractivity contribution in [2.45, 2.75) is 192 Å². The first-order valence-electron chi connectivity index (χ1n) is 39.7. The van der Waals surface area contributed by atoms with E-state index in [0.717, 1.165) is 72.8 Å². The number of rotatable bonds is 17. The number of halogens is 2. The Morgan fingerprint density at radius 1 is 0.543 bits per heavy atom. The molecule has 9 aliphatic rings. The molecule has 0 saturated carbocycles. The summed E-state index contributed by atoms with van der Waals surface area (Å²) in [5.41, 5.74) is 3.35. The Morgan fingerprint density at radius 2 is 1.17 bits per heavy atom. The van der Waals surface area contributed by atoms with Gasteiger partial charge in [-0.3, -0.25) is 33.6 Å². The number of phenolic OH excluding ortho intramolecular Hbond substituents is 3. The largest absolute Gasteiger partial charge is 0.508 e. The third kappa shape index (κ3) is 19.2. The zero-order valence-corrected chi connectivity index (χ0v) is 68.4. The van der Waals surface area contributed by atoms with E-state index in [1.165, 1.54) is 56.5 Å². The highest BCUT2D eigenvalue weighted by Gasteiger charge is 2.54. The number of aliphatic hydroxyl groups excluding tert-OH is 11. The number of benzene rings is 7. The van der Waals surface area contributed by atoms with Crippen molar-refractivity contribution in [2.75, 3.05) is 20.3 Å². The minimum absolute atomic E-state index is 0.196.